The highest BCUT2D eigenvalue weighted by Gasteiger charge is 2.16. The smallest absolute Gasteiger partial charge is 0.163 e. The number of carbonyl (C=O) groups is 1. The van der Waals surface area contributed by atoms with Gasteiger partial charge in [0.05, 0.1) is 0 Å². The predicted octanol–water partition coefficient (Wildman–Crippen LogP) is 3.42. The van der Waals surface area contributed by atoms with Crippen molar-refractivity contribution in [1.29, 1.82) is 0 Å². The molecule has 1 aromatic carbocycles. The fourth-order valence-electron chi connectivity index (χ4n) is 2.24. The van der Waals surface area contributed by atoms with Gasteiger partial charge in [0, 0.05) is 24.2 Å². The molecule has 0 bridgehead atoms. The van der Waals surface area contributed by atoms with Crippen molar-refractivity contribution in [2.75, 3.05) is 11.9 Å². The Bertz CT molecular complexity index is 384. The van der Waals surface area contributed by atoms with E-state index < -0.39 is 0 Å². The number of Topliss-reactive ketones (excluding diaryl/α,β-unsaturated/α-hetero) is 1. The normalized spacial score (nSPS) is 14.1. The lowest BCUT2D eigenvalue weighted by atomic mass is 9.93. The van der Waals surface area contributed by atoms with E-state index in [9.17, 15) is 4.79 Å². The van der Waals surface area contributed by atoms with Gasteiger partial charge in [-0.05, 0) is 30.9 Å². The maximum absolute atomic E-state index is 12.0. The van der Waals surface area contributed by atoms with Crippen LogP contribution in [0.3, 0.4) is 0 Å². The van der Waals surface area contributed by atoms with Crippen molar-refractivity contribution in [1.82, 2.24) is 0 Å². The number of benzene rings is 1. The molecule has 1 N–H and O–H groups in total. The maximum atomic E-state index is 12.0. The van der Waals surface area contributed by atoms with Crippen LogP contribution in [0.25, 0.3) is 0 Å². The van der Waals surface area contributed by atoms with Gasteiger partial charge in [0.1, 0.15) is 0 Å². The Morgan fingerprint density at radius 1 is 1.44 bits per heavy atom. The van der Waals surface area contributed by atoms with Gasteiger partial charge in [-0.1, -0.05) is 25.5 Å². The van der Waals surface area contributed by atoms with Crippen molar-refractivity contribution in [3.63, 3.8) is 0 Å². The van der Waals surface area contributed by atoms with Crippen molar-refractivity contribution in [3.05, 3.63) is 29.3 Å². The fraction of sp³-hybridized carbons (Fsp3) is 0.500. The number of unbranched alkanes of at least 4 members (excludes halogenated alkanes) is 1. The van der Waals surface area contributed by atoms with Gasteiger partial charge in [-0.2, -0.15) is 0 Å². The number of hydrogen-bond donors (Lipinski definition) is 1. The van der Waals surface area contributed by atoms with E-state index in [1.807, 2.05) is 12.1 Å². The quantitative estimate of drug-likeness (QED) is 0.783. The standard InChI is InChI=1S/C14H19NO/c1-2-3-9-14(16)12-6-4-8-13-11(12)7-5-10-15-13/h4,6,8,15H,2-3,5,7,9-10H2,1H3. The average molecular weight is 217 g/mol. The second-order valence-electron chi connectivity index (χ2n) is 4.39. The molecule has 1 aliphatic rings. The van der Waals surface area contributed by atoms with E-state index in [4.69, 9.17) is 0 Å². The van der Waals surface area contributed by atoms with Gasteiger partial charge in [0.2, 0.25) is 0 Å². The van der Waals surface area contributed by atoms with Gasteiger partial charge in [-0.25, -0.2) is 0 Å². The van der Waals surface area contributed by atoms with Crippen LogP contribution in [0, 0.1) is 0 Å². The van der Waals surface area contributed by atoms with Gasteiger partial charge in [0.15, 0.2) is 5.78 Å². The summed E-state index contributed by atoms with van der Waals surface area (Å²) in [5.74, 6) is 0.308. The van der Waals surface area contributed by atoms with Crippen LogP contribution >= 0.6 is 0 Å². The number of anilines is 1. The van der Waals surface area contributed by atoms with Crippen molar-refractivity contribution in [2.45, 2.75) is 39.0 Å². The Hall–Kier alpha value is -1.31. The molecular formula is C14H19NO. The van der Waals surface area contributed by atoms with Crippen LogP contribution in [0.2, 0.25) is 0 Å². The molecule has 0 amide bonds. The Morgan fingerprint density at radius 2 is 2.31 bits per heavy atom. The zero-order valence-corrected chi connectivity index (χ0v) is 9.88. The molecule has 0 unspecified atom stereocenters. The molecule has 1 aliphatic heterocycles. The molecular weight excluding hydrogens is 198 g/mol. The average Bonchev–Trinajstić information content (AvgIpc) is 2.35. The molecule has 0 aliphatic carbocycles. The maximum Gasteiger partial charge on any atom is 0.163 e. The Labute approximate surface area is 97.1 Å². The highest BCUT2D eigenvalue weighted by atomic mass is 16.1. The number of nitrogens with one attached hydrogen (secondary N) is 1. The van der Waals surface area contributed by atoms with E-state index in [1.54, 1.807) is 0 Å². The zero-order valence-electron chi connectivity index (χ0n) is 9.88. The number of ketones is 1. The second-order valence-corrected chi connectivity index (χ2v) is 4.39. The number of hydrogen-bond acceptors (Lipinski definition) is 2. The number of rotatable bonds is 4. The number of carbonyl (C=O) groups excluding carboxylic acids is 1. The minimum Gasteiger partial charge on any atom is -0.385 e. The molecule has 0 aromatic heterocycles. The largest absolute Gasteiger partial charge is 0.385 e. The summed E-state index contributed by atoms with van der Waals surface area (Å²) in [6, 6.07) is 6.03. The third-order valence-electron chi connectivity index (χ3n) is 3.15. The Morgan fingerprint density at radius 3 is 3.12 bits per heavy atom. The number of fused-ring (bicyclic) bond motifs is 1. The summed E-state index contributed by atoms with van der Waals surface area (Å²) in [5.41, 5.74) is 3.33. The summed E-state index contributed by atoms with van der Waals surface area (Å²) in [6.45, 7) is 3.15. The van der Waals surface area contributed by atoms with Crippen LogP contribution in [-0.2, 0) is 6.42 Å². The highest BCUT2D eigenvalue weighted by Crippen LogP contribution is 2.26. The SMILES string of the molecule is CCCCC(=O)c1cccc2c1CCCN2. The molecule has 16 heavy (non-hydrogen) atoms. The zero-order chi connectivity index (χ0) is 11.4. The minimum atomic E-state index is 0.308. The molecule has 0 saturated heterocycles. The summed E-state index contributed by atoms with van der Waals surface area (Å²) in [6.07, 6.45) is 4.93. The van der Waals surface area contributed by atoms with Gasteiger partial charge in [0.25, 0.3) is 0 Å². The van der Waals surface area contributed by atoms with Gasteiger partial charge >= 0.3 is 0 Å². The van der Waals surface area contributed by atoms with Crippen LogP contribution in [0.5, 0.6) is 0 Å². The first kappa shape index (κ1) is 11.2. The summed E-state index contributed by atoms with van der Waals surface area (Å²) in [4.78, 5) is 12.0. The van der Waals surface area contributed by atoms with E-state index in [0.29, 0.717) is 12.2 Å². The lowest BCUT2D eigenvalue weighted by molar-refractivity contribution is 0.0979. The molecule has 0 atom stereocenters. The first-order valence-corrected chi connectivity index (χ1v) is 6.22. The summed E-state index contributed by atoms with van der Waals surface area (Å²) in [7, 11) is 0. The van der Waals surface area contributed by atoms with Crippen molar-refractivity contribution >= 4 is 11.5 Å². The fourth-order valence-corrected chi connectivity index (χ4v) is 2.24. The third kappa shape index (κ3) is 2.26. The van der Waals surface area contributed by atoms with Crippen molar-refractivity contribution < 1.29 is 4.79 Å². The molecule has 2 nitrogen and oxygen atoms in total. The van der Waals surface area contributed by atoms with E-state index in [2.05, 4.69) is 18.3 Å². The summed E-state index contributed by atoms with van der Waals surface area (Å²) >= 11 is 0. The molecule has 1 heterocycles. The lowest BCUT2D eigenvalue weighted by Crippen LogP contribution is -2.15. The molecule has 2 rings (SSSR count). The molecule has 0 fully saturated rings. The Balaban J connectivity index is 2.23. The van der Waals surface area contributed by atoms with E-state index in [0.717, 1.165) is 43.5 Å². The first-order valence-electron chi connectivity index (χ1n) is 6.22. The monoisotopic (exact) mass is 217 g/mol. The van der Waals surface area contributed by atoms with E-state index in [1.165, 1.54) is 5.56 Å². The molecule has 0 radical (unpaired) electrons. The molecule has 2 heteroatoms. The van der Waals surface area contributed by atoms with Crippen molar-refractivity contribution in [3.8, 4) is 0 Å². The summed E-state index contributed by atoms with van der Waals surface area (Å²) in [5, 5.41) is 3.36. The van der Waals surface area contributed by atoms with Crippen LogP contribution in [0.15, 0.2) is 18.2 Å². The predicted molar refractivity (Wildman–Crippen MR) is 67.1 cm³/mol. The second kappa shape index (κ2) is 5.15. The molecule has 0 saturated carbocycles. The van der Waals surface area contributed by atoms with Gasteiger partial charge in [-0.15, -0.1) is 0 Å². The van der Waals surface area contributed by atoms with E-state index in [-0.39, 0.29) is 0 Å². The Kier molecular flexibility index (Phi) is 3.60. The third-order valence-corrected chi connectivity index (χ3v) is 3.15. The lowest BCUT2D eigenvalue weighted by Gasteiger charge is -2.20. The summed E-state index contributed by atoms with van der Waals surface area (Å²) < 4.78 is 0. The van der Waals surface area contributed by atoms with Gasteiger partial charge < -0.3 is 5.32 Å². The van der Waals surface area contributed by atoms with E-state index >= 15 is 0 Å². The molecule has 1 aromatic rings. The topological polar surface area (TPSA) is 29.1 Å². The van der Waals surface area contributed by atoms with Gasteiger partial charge in [-0.3, -0.25) is 4.79 Å². The van der Waals surface area contributed by atoms with Crippen molar-refractivity contribution in [2.24, 2.45) is 0 Å². The molecule has 86 valence electrons. The van der Waals surface area contributed by atoms with Crippen LogP contribution in [-0.4, -0.2) is 12.3 Å². The van der Waals surface area contributed by atoms with Crippen LogP contribution in [0.4, 0.5) is 5.69 Å². The van der Waals surface area contributed by atoms with Crippen LogP contribution in [0.1, 0.15) is 48.5 Å². The first-order chi connectivity index (χ1) is 7.83. The van der Waals surface area contributed by atoms with Crippen LogP contribution < -0.4 is 5.32 Å². The highest BCUT2D eigenvalue weighted by molar-refractivity contribution is 5.98. The minimum absolute atomic E-state index is 0.308. The molecule has 0 spiro atoms.